The van der Waals surface area contributed by atoms with Crippen molar-refractivity contribution in [2.24, 2.45) is 5.92 Å². The molecule has 1 aromatic heterocycles. The van der Waals surface area contributed by atoms with Gasteiger partial charge < -0.3 is 5.32 Å². The first-order valence-corrected chi connectivity index (χ1v) is 7.37. The van der Waals surface area contributed by atoms with E-state index in [9.17, 15) is 0 Å². The minimum absolute atomic E-state index is 0.800. The zero-order valence-corrected chi connectivity index (χ0v) is 12.3. The van der Waals surface area contributed by atoms with Crippen molar-refractivity contribution in [1.82, 2.24) is 20.3 Å². The highest BCUT2D eigenvalue weighted by Gasteiger charge is 2.20. The van der Waals surface area contributed by atoms with Crippen LogP contribution in [-0.4, -0.2) is 21.5 Å². The average Bonchev–Trinajstić information content (AvgIpc) is 3.13. The molecule has 1 fully saturated rings. The fraction of sp³-hybridized carbons (Fsp3) is 0.500. The Balaban J connectivity index is 1.61. The summed E-state index contributed by atoms with van der Waals surface area (Å²) in [6.07, 6.45) is 4.81. The molecule has 1 aromatic carbocycles. The van der Waals surface area contributed by atoms with Crippen LogP contribution >= 0.6 is 0 Å². The lowest BCUT2D eigenvalue weighted by molar-refractivity contribution is 0.626. The van der Waals surface area contributed by atoms with Gasteiger partial charge in [-0.25, -0.2) is 4.68 Å². The van der Waals surface area contributed by atoms with E-state index in [0.717, 1.165) is 31.2 Å². The van der Waals surface area contributed by atoms with Gasteiger partial charge >= 0.3 is 0 Å². The van der Waals surface area contributed by atoms with Crippen molar-refractivity contribution in [2.45, 2.75) is 39.8 Å². The van der Waals surface area contributed by atoms with Gasteiger partial charge in [0.05, 0.1) is 18.4 Å². The molecule has 0 aliphatic heterocycles. The van der Waals surface area contributed by atoms with Crippen LogP contribution in [0.25, 0.3) is 0 Å². The molecule has 1 heterocycles. The van der Waals surface area contributed by atoms with Gasteiger partial charge in [-0.2, -0.15) is 0 Å². The van der Waals surface area contributed by atoms with Crippen LogP contribution < -0.4 is 5.32 Å². The lowest BCUT2D eigenvalue weighted by Crippen LogP contribution is -2.16. The van der Waals surface area contributed by atoms with E-state index < -0.39 is 0 Å². The van der Waals surface area contributed by atoms with E-state index in [1.807, 2.05) is 10.9 Å². The second-order valence-corrected chi connectivity index (χ2v) is 5.85. The molecule has 0 amide bonds. The summed E-state index contributed by atoms with van der Waals surface area (Å²) in [5.41, 5.74) is 4.99. The highest BCUT2D eigenvalue weighted by Crippen LogP contribution is 2.27. The number of nitrogens with zero attached hydrogens (tertiary/aromatic N) is 3. The number of nitrogens with one attached hydrogen (secondary N) is 1. The van der Waals surface area contributed by atoms with E-state index >= 15 is 0 Å². The first-order chi connectivity index (χ1) is 9.72. The Kier molecular flexibility index (Phi) is 3.83. The van der Waals surface area contributed by atoms with E-state index in [1.54, 1.807) is 0 Å². The van der Waals surface area contributed by atoms with Crippen molar-refractivity contribution in [3.8, 4) is 0 Å². The standard InChI is InChI=1S/C16H22N4/c1-12-4-3-5-13(2)16(12)11-20-10-15(18-19-20)9-17-8-14-6-7-14/h3-5,10,14,17H,6-9,11H2,1-2H3. The molecule has 0 bridgehead atoms. The Hall–Kier alpha value is -1.68. The highest BCUT2D eigenvalue weighted by molar-refractivity contribution is 5.33. The van der Waals surface area contributed by atoms with Crippen LogP contribution in [0.15, 0.2) is 24.4 Å². The molecule has 4 heteroatoms. The van der Waals surface area contributed by atoms with Gasteiger partial charge in [0.1, 0.15) is 0 Å². The monoisotopic (exact) mass is 270 g/mol. The van der Waals surface area contributed by atoms with Crippen molar-refractivity contribution in [3.63, 3.8) is 0 Å². The van der Waals surface area contributed by atoms with E-state index in [0.29, 0.717) is 0 Å². The molecule has 0 unspecified atom stereocenters. The van der Waals surface area contributed by atoms with Crippen LogP contribution in [0, 0.1) is 19.8 Å². The lowest BCUT2D eigenvalue weighted by Gasteiger charge is -2.08. The first-order valence-electron chi connectivity index (χ1n) is 7.37. The van der Waals surface area contributed by atoms with Crippen molar-refractivity contribution in [3.05, 3.63) is 46.8 Å². The van der Waals surface area contributed by atoms with Gasteiger partial charge in [-0.1, -0.05) is 23.4 Å². The number of hydrogen-bond donors (Lipinski definition) is 1. The second-order valence-electron chi connectivity index (χ2n) is 5.85. The molecule has 0 radical (unpaired) electrons. The van der Waals surface area contributed by atoms with Gasteiger partial charge in [-0.05, 0) is 55.8 Å². The van der Waals surface area contributed by atoms with E-state index in [4.69, 9.17) is 0 Å². The summed E-state index contributed by atoms with van der Waals surface area (Å²) in [4.78, 5) is 0. The Morgan fingerprint density at radius 3 is 2.70 bits per heavy atom. The summed E-state index contributed by atoms with van der Waals surface area (Å²) < 4.78 is 1.93. The molecule has 1 aliphatic rings. The Bertz CT molecular complexity index is 564. The summed E-state index contributed by atoms with van der Waals surface area (Å²) >= 11 is 0. The predicted molar refractivity (Wildman–Crippen MR) is 79.5 cm³/mol. The minimum atomic E-state index is 0.800. The van der Waals surface area contributed by atoms with Crippen LogP contribution in [0.5, 0.6) is 0 Å². The molecular formula is C16H22N4. The third kappa shape index (κ3) is 3.25. The predicted octanol–water partition coefficient (Wildman–Crippen LogP) is 2.44. The highest BCUT2D eigenvalue weighted by atomic mass is 15.4. The molecule has 20 heavy (non-hydrogen) atoms. The molecule has 0 atom stereocenters. The Labute approximate surface area is 120 Å². The quantitative estimate of drug-likeness (QED) is 0.876. The number of benzene rings is 1. The third-order valence-corrected chi connectivity index (χ3v) is 3.99. The van der Waals surface area contributed by atoms with Crippen LogP contribution in [-0.2, 0) is 13.1 Å². The van der Waals surface area contributed by atoms with Crippen LogP contribution in [0.3, 0.4) is 0 Å². The van der Waals surface area contributed by atoms with Gasteiger partial charge in [-0.3, -0.25) is 0 Å². The fourth-order valence-electron chi connectivity index (χ4n) is 2.48. The lowest BCUT2D eigenvalue weighted by atomic mass is 10.0. The number of aryl methyl sites for hydroxylation is 2. The maximum atomic E-state index is 4.24. The van der Waals surface area contributed by atoms with Crippen LogP contribution in [0.4, 0.5) is 0 Å². The van der Waals surface area contributed by atoms with E-state index in [1.165, 1.54) is 29.5 Å². The van der Waals surface area contributed by atoms with Gasteiger partial charge in [0, 0.05) is 6.54 Å². The molecule has 2 aromatic rings. The van der Waals surface area contributed by atoms with Crippen molar-refractivity contribution >= 4 is 0 Å². The van der Waals surface area contributed by atoms with E-state index in [-0.39, 0.29) is 0 Å². The van der Waals surface area contributed by atoms with Crippen LogP contribution in [0.1, 0.15) is 35.2 Å². The average molecular weight is 270 g/mol. The summed E-state index contributed by atoms with van der Waals surface area (Å²) in [5.74, 6) is 0.902. The fourth-order valence-corrected chi connectivity index (χ4v) is 2.48. The van der Waals surface area contributed by atoms with Gasteiger partial charge in [0.25, 0.3) is 0 Å². The largest absolute Gasteiger partial charge is 0.311 e. The molecule has 3 rings (SSSR count). The summed E-state index contributed by atoms with van der Waals surface area (Å²) in [7, 11) is 0. The molecule has 1 N–H and O–H groups in total. The zero-order valence-electron chi connectivity index (χ0n) is 12.3. The first kappa shape index (κ1) is 13.3. The van der Waals surface area contributed by atoms with Crippen LogP contribution in [0.2, 0.25) is 0 Å². The van der Waals surface area contributed by atoms with Crippen molar-refractivity contribution in [2.75, 3.05) is 6.54 Å². The molecule has 1 aliphatic carbocycles. The maximum absolute atomic E-state index is 4.24. The summed E-state index contributed by atoms with van der Waals surface area (Å²) in [6, 6.07) is 6.40. The van der Waals surface area contributed by atoms with Gasteiger partial charge in [0.2, 0.25) is 0 Å². The smallest absolute Gasteiger partial charge is 0.0964 e. The van der Waals surface area contributed by atoms with Crippen molar-refractivity contribution < 1.29 is 0 Å². The third-order valence-electron chi connectivity index (χ3n) is 3.99. The molecule has 106 valence electrons. The topological polar surface area (TPSA) is 42.7 Å². The Morgan fingerprint density at radius 1 is 1.25 bits per heavy atom. The number of rotatable bonds is 6. The van der Waals surface area contributed by atoms with Gasteiger partial charge in [0.15, 0.2) is 0 Å². The molecule has 0 saturated heterocycles. The van der Waals surface area contributed by atoms with E-state index in [2.05, 4.69) is 47.7 Å². The number of aromatic nitrogens is 3. The Morgan fingerprint density at radius 2 is 2.00 bits per heavy atom. The molecule has 0 spiro atoms. The molecule has 4 nitrogen and oxygen atoms in total. The molecule has 1 saturated carbocycles. The molecular weight excluding hydrogens is 248 g/mol. The summed E-state index contributed by atoms with van der Waals surface area (Å²) in [6.45, 7) is 7.04. The normalized spacial score (nSPS) is 14.7. The number of hydrogen-bond acceptors (Lipinski definition) is 3. The van der Waals surface area contributed by atoms with Crippen molar-refractivity contribution in [1.29, 1.82) is 0 Å². The minimum Gasteiger partial charge on any atom is -0.311 e. The SMILES string of the molecule is Cc1cccc(C)c1Cn1cc(CNCC2CC2)nn1. The zero-order chi connectivity index (χ0) is 13.9. The maximum Gasteiger partial charge on any atom is 0.0964 e. The van der Waals surface area contributed by atoms with Gasteiger partial charge in [-0.15, -0.1) is 5.10 Å². The summed E-state index contributed by atoms with van der Waals surface area (Å²) in [5, 5.41) is 11.9. The second kappa shape index (κ2) is 5.75.